The molecule has 1 atom stereocenters. The van der Waals surface area contributed by atoms with E-state index in [1.165, 1.54) is 11.1 Å². The van der Waals surface area contributed by atoms with Crippen molar-refractivity contribution >= 4 is 6.08 Å². The molecule has 1 unspecified atom stereocenters. The van der Waals surface area contributed by atoms with Crippen LogP contribution in [0.25, 0.3) is 6.08 Å². The van der Waals surface area contributed by atoms with Crippen molar-refractivity contribution in [1.29, 1.82) is 0 Å². The van der Waals surface area contributed by atoms with Gasteiger partial charge in [-0.05, 0) is 49.4 Å². The van der Waals surface area contributed by atoms with E-state index < -0.39 is 0 Å². The minimum atomic E-state index is 0.325. The molecule has 0 aliphatic carbocycles. The number of likely N-dealkylation sites (N-methyl/N-ethyl adjacent to an activating group) is 1. The normalized spacial score (nSPS) is 14.7. The van der Waals surface area contributed by atoms with E-state index in [-0.39, 0.29) is 0 Å². The van der Waals surface area contributed by atoms with Crippen molar-refractivity contribution < 1.29 is 9.47 Å². The van der Waals surface area contributed by atoms with Gasteiger partial charge in [0.25, 0.3) is 0 Å². The first-order chi connectivity index (χ1) is 11.2. The smallest absolute Gasteiger partial charge is 0.168 e. The zero-order valence-corrected chi connectivity index (χ0v) is 13.8. The first kappa shape index (κ1) is 15.6. The van der Waals surface area contributed by atoms with Gasteiger partial charge in [-0.15, -0.1) is 0 Å². The molecule has 0 spiro atoms. The highest BCUT2D eigenvalue weighted by Crippen LogP contribution is 2.35. The van der Waals surface area contributed by atoms with E-state index in [1.807, 2.05) is 24.5 Å². The van der Waals surface area contributed by atoms with Crippen molar-refractivity contribution in [2.24, 2.45) is 0 Å². The lowest BCUT2D eigenvalue weighted by Gasteiger charge is -2.28. The van der Waals surface area contributed by atoms with E-state index in [9.17, 15) is 0 Å². The summed E-state index contributed by atoms with van der Waals surface area (Å²) in [6.45, 7) is 3.66. The molecule has 23 heavy (non-hydrogen) atoms. The molecule has 1 aliphatic heterocycles. The molecular formula is C19H22N2O2. The number of benzene rings is 1. The number of pyridine rings is 1. The fourth-order valence-electron chi connectivity index (χ4n) is 2.83. The molecule has 0 amide bonds. The van der Waals surface area contributed by atoms with Gasteiger partial charge in [-0.3, -0.25) is 9.88 Å². The molecule has 0 saturated heterocycles. The van der Waals surface area contributed by atoms with Gasteiger partial charge in [0.05, 0.1) is 7.11 Å². The summed E-state index contributed by atoms with van der Waals surface area (Å²) < 4.78 is 11.3. The molecule has 2 aromatic rings. The fourth-order valence-corrected chi connectivity index (χ4v) is 2.83. The van der Waals surface area contributed by atoms with E-state index in [0.29, 0.717) is 12.6 Å². The topological polar surface area (TPSA) is 34.6 Å². The van der Waals surface area contributed by atoms with Crippen LogP contribution in [0, 0.1) is 0 Å². The molecule has 2 heterocycles. The zero-order chi connectivity index (χ0) is 16.2. The number of aromatic nitrogens is 1. The van der Waals surface area contributed by atoms with Crippen LogP contribution in [0.3, 0.4) is 0 Å². The molecule has 1 aromatic carbocycles. The first-order valence-electron chi connectivity index (χ1n) is 7.78. The van der Waals surface area contributed by atoms with Gasteiger partial charge in [-0.1, -0.05) is 12.1 Å². The Balaban J connectivity index is 1.74. The average molecular weight is 310 g/mol. The first-order valence-corrected chi connectivity index (χ1v) is 7.78. The van der Waals surface area contributed by atoms with E-state index in [0.717, 1.165) is 23.6 Å². The van der Waals surface area contributed by atoms with Gasteiger partial charge < -0.3 is 9.47 Å². The Bertz CT molecular complexity index is 698. The predicted molar refractivity (Wildman–Crippen MR) is 91.7 cm³/mol. The number of ether oxygens (including phenoxy) is 2. The molecule has 1 aromatic heterocycles. The lowest BCUT2D eigenvalue weighted by Crippen LogP contribution is -2.27. The van der Waals surface area contributed by atoms with Crippen LogP contribution in [0.4, 0.5) is 0 Å². The Morgan fingerprint density at radius 1 is 1.26 bits per heavy atom. The fraction of sp³-hybridized carbons (Fsp3) is 0.316. The maximum Gasteiger partial charge on any atom is 0.168 e. The number of para-hydroxylation sites is 1. The van der Waals surface area contributed by atoms with Crippen molar-refractivity contribution in [2.75, 3.05) is 27.3 Å². The molecular weight excluding hydrogens is 288 g/mol. The van der Waals surface area contributed by atoms with Gasteiger partial charge in [0.1, 0.15) is 6.61 Å². The Morgan fingerprint density at radius 3 is 2.78 bits per heavy atom. The third-order valence-corrected chi connectivity index (χ3v) is 4.29. The van der Waals surface area contributed by atoms with Crippen molar-refractivity contribution in [3.8, 4) is 11.5 Å². The highest BCUT2D eigenvalue weighted by molar-refractivity contribution is 5.66. The van der Waals surface area contributed by atoms with Crippen LogP contribution in [0.2, 0.25) is 0 Å². The lowest BCUT2D eigenvalue weighted by molar-refractivity contribution is 0.259. The molecule has 3 rings (SSSR count). The molecule has 0 radical (unpaired) electrons. The number of hydrogen-bond donors (Lipinski definition) is 0. The molecule has 4 heteroatoms. The summed E-state index contributed by atoms with van der Waals surface area (Å²) in [5.41, 5.74) is 3.60. The summed E-state index contributed by atoms with van der Waals surface area (Å²) in [5.74, 6) is 1.62. The zero-order valence-electron chi connectivity index (χ0n) is 13.8. The van der Waals surface area contributed by atoms with Gasteiger partial charge in [-0.2, -0.15) is 0 Å². The summed E-state index contributed by atoms with van der Waals surface area (Å²) in [6.07, 6.45) is 5.88. The SMILES string of the molecule is COc1cccc2c1OCC(CN(C)C(C)c1ccncc1)=C2. The Kier molecular flexibility index (Phi) is 4.63. The summed E-state index contributed by atoms with van der Waals surface area (Å²) in [4.78, 5) is 6.40. The average Bonchev–Trinajstić information content (AvgIpc) is 2.61. The number of methoxy groups -OCH3 is 1. The largest absolute Gasteiger partial charge is 0.493 e. The van der Waals surface area contributed by atoms with E-state index >= 15 is 0 Å². The molecule has 0 saturated carbocycles. The van der Waals surface area contributed by atoms with Gasteiger partial charge in [0, 0.05) is 30.5 Å². The number of hydrogen-bond acceptors (Lipinski definition) is 4. The molecule has 120 valence electrons. The Hall–Kier alpha value is -2.33. The standard InChI is InChI=1S/C19H22N2O2/c1-14(16-7-9-20-10-8-16)21(2)12-15-11-17-5-4-6-18(22-3)19(17)23-13-15/h4-11,14H,12-13H2,1-3H3. The van der Waals surface area contributed by atoms with Gasteiger partial charge in [0.15, 0.2) is 11.5 Å². The van der Waals surface area contributed by atoms with Crippen molar-refractivity contribution in [1.82, 2.24) is 9.88 Å². The molecule has 0 fully saturated rings. The minimum Gasteiger partial charge on any atom is -0.493 e. The van der Waals surface area contributed by atoms with Gasteiger partial charge in [-0.25, -0.2) is 0 Å². The molecule has 4 nitrogen and oxygen atoms in total. The number of fused-ring (bicyclic) bond motifs is 1. The van der Waals surface area contributed by atoms with Crippen LogP contribution in [0.15, 0.2) is 48.3 Å². The maximum absolute atomic E-state index is 5.91. The summed E-state index contributed by atoms with van der Waals surface area (Å²) >= 11 is 0. The third-order valence-electron chi connectivity index (χ3n) is 4.29. The summed E-state index contributed by atoms with van der Waals surface area (Å²) in [7, 11) is 3.80. The van der Waals surface area contributed by atoms with E-state index in [1.54, 1.807) is 7.11 Å². The minimum absolute atomic E-state index is 0.325. The predicted octanol–water partition coefficient (Wildman–Crippen LogP) is 3.56. The van der Waals surface area contributed by atoms with Crippen molar-refractivity contribution in [3.05, 3.63) is 59.4 Å². The van der Waals surface area contributed by atoms with Crippen molar-refractivity contribution in [3.63, 3.8) is 0 Å². The quantitative estimate of drug-likeness (QED) is 0.846. The monoisotopic (exact) mass is 310 g/mol. The summed E-state index contributed by atoms with van der Waals surface area (Å²) in [5, 5.41) is 0. The summed E-state index contributed by atoms with van der Waals surface area (Å²) in [6, 6.07) is 10.4. The van der Waals surface area contributed by atoms with Crippen LogP contribution in [-0.2, 0) is 0 Å². The number of nitrogens with zero attached hydrogens (tertiary/aromatic N) is 2. The molecule has 0 bridgehead atoms. The Labute approximate surface area is 137 Å². The highest BCUT2D eigenvalue weighted by Gasteiger charge is 2.18. The van der Waals surface area contributed by atoms with Crippen LogP contribution < -0.4 is 9.47 Å². The second-order valence-corrected chi connectivity index (χ2v) is 5.84. The van der Waals surface area contributed by atoms with Crippen molar-refractivity contribution in [2.45, 2.75) is 13.0 Å². The van der Waals surface area contributed by atoms with E-state index in [2.05, 4.69) is 48.1 Å². The molecule has 0 N–H and O–H groups in total. The van der Waals surface area contributed by atoms with Crippen LogP contribution in [-0.4, -0.2) is 37.2 Å². The highest BCUT2D eigenvalue weighted by atomic mass is 16.5. The second-order valence-electron chi connectivity index (χ2n) is 5.84. The second kappa shape index (κ2) is 6.84. The van der Waals surface area contributed by atoms with Gasteiger partial charge >= 0.3 is 0 Å². The Morgan fingerprint density at radius 2 is 2.04 bits per heavy atom. The van der Waals surface area contributed by atoms with Gasteiger partial charge in [0.2, 0.25) is 0 Å². The maximum atomic E-state index is 5.91. The molecule has 1 aliphatic rings. The number of rotatable bonds is 5. The van der Waals surface area contributed by atoms with Crippen LogP contribution in [0.5, 0.6) is 11.5 Å². The van der Waals surface area contributed by atoms with Crippen LogP contribution >= 0.6 is 0 Å². The van der Waals surface area contributed by atoms with E-state index in [4.69, 9.17) is 9.47 Å². The third kappa shape index (κ3) is 3.37. The van der Waals surface area contributed by atoms with Crippen LogP contribution in [0.1, 0.15) is 24.1 Å². The lowest BCUT2D eigenvalue weighted by atomic mass is 10.0.